The molecule has 0 N–H and O–H groups in total. The van der Waals surface area contributed by atoms with Crippen LogP contribution in [0.25, 0.3) is 11.0 Å². The van der Waals surface area contributed by atoms with Crippen molar-refractivity contribution in [2.75, 3.05) is 20.7 Å². The lowest BCUT2D eigenvalue weighted by Crippen LogP contribution is -2.10. The highest BCUT2D eigenvalue weighted by Crippen LogP contribution is 2.30. The first-order chi connectivity index (χ1) is 13.9. The van der Waals surface area contributed by atoms with Gasteiger partial charge in [0.25, 0.3) is 0 Å². The maximum Gasteiger partial charge on any atom is 0.310 e. The Morgan fingerprint density at radius 2 is 2.03 bits per heavy atom. The Morgan fingerprint density at radius 1 is 1.28 bits per heavy atom. The molecule has 0 saturated carbocycles. The number of esters is 1. The third kappa shape index (κ3) is 6.34. The number of allylic oxidation sites excluding steroid dienone is 3. The average Bonchev–Trinajstić information content (AvgIpc) is 3.06. The van der Waals surface area contributed by atoms with Crippen molar-refractivity contribution in [1.82, 2.24) is 4.90 Å². The van der Waals surface area contributed by atoms with E-state index >= 15 is 0 Å². The van der Waals surface area contributed by atoms with Gasteiger partial charge in [-0.05, 0) is 46.2 Å². The Hall–Kier alpha value is -2.31. The summed E-state index contributed by atoms with van der Waals surface area (Å²) in [6.45, 7) is 8.92. The van der Waals surface area contributed by atoms with Gasteiger partial charge in [0.1, 0.15) is 17.9 Å². The Balaban J connectivity index is 2.31. The normalized spacial score (nSPS) is 12.5. The first-order valence-corrected chi connectivity index (χ1v) is 10.3. The highest BCUT2D eigenvalue weighted by Gasteiger charge is 2.15. The largest absolute Gasteiger partial charge is 0.488 e. The minimum Gasteiger partial charge on any atom is -0.488 e. The van der Waals surface area contributed by atoms with Gasteiger partial charge in [0, 0.05) is 33.1 Å². The number of carbonyl (C=O) groups excluding carboxylic acids is 1. The van der Waals surface area contributed by atoms with Crippen LogP contribution in [0, 0.1) is 0 Å². The number of halogens is 1. The molecule has 0 saturated heterocycles. The second-order valence-electron chi connectivity index (χ2n) is 6.80. The maximum atomic E-state index is 11.9. The number of carbonyl (C=O) groups is 1. The van der Waals surface area contributed by atoms with E-state index in [4.69, 9.17) is 13.9 Å². The second-order valence-corrected chi connectivity index (χ2v) is 7.72. The first kappa shape index (κ1) is 23.0. The summed E-state index contributed by atoms with van der Waals surface area (Å²) in [5.41, 5.74) is 3.57. The van der Waals surface area contributed by atoms with Gasteiger partial charge in [0.05, 0.1) is 19.3 Å². The fraction of sp³-hybridized carbons (Fsp3) is 0.348. The molecule has 0 radical (unpaired) electrons. The molecule has 2 aromatic rings. The van der Waals surface area contributed by atoms with Crippen LogP contribution in [0.3, 0.4) is 0 Å². The molecular weight excluding hydrogens is 434 g/mol. The Labute approximate surface area is 180 Å². The Bertz CT molecular complexity index is 924. The van der Waals surface area contributed by atoms with Crippen LogP contribution >= 0.6 is 15.9 Å². The topological polar surface area (TPSA) is 51.9 Å². The summed E-state index contributed by atoms with van der Waals surface area (Å²) in [6, 6.07) is 4.10. The molecular formula is C23H28BrNO4. The summed E-state index contributed by atoms with van der Waals surface area (Å²) in [5, 5.41) is 1.00. The molecule has 1 aromatic carbocycles. The molecule has 29 heavy (non-hydrogen) atoms. The number of benzene rings is 1. The van der Waals surface area contributed by atoms with Crippen molar-refractivity contribution in [1.29, 1.82) is 0 Å². The number of ether oxygens (including phenoxy) is 2. The summed E-state index contributed by atoms with van der Waals surface area (Å²) in [6.07, 6.45) is 7.16. The lowest BCUT2D eigenvalue weighted by atomic mass is 10.1. The third-order valence-electron chi connectivity index (χ3n) is 4.19. The van der Waals surface area contributed by atoms with E-state index in [1.807, 2.05) is 39.2 Å². The summed E-state index contributed by atoms with van der Waals surface area (Å²) in [5.74, 6) is 0.285. The highest BCUT2D eigenvalue weighted by atomic mass is 79.9. The Morgan fingerprint density at radius 3 is 2.66 bits per heavy atom. The van der Waals surface area contributed by atoms with Crippen LogP contribution < -0.4 is 0 Å². The number of rotatable bonds is 10. The van der Waals surface area contributed by atoms with Crippen molar-refractivity contribution in [2.24, 2.45) is 0 Å². The van der Waals surface area contributed by atoms with Crippen LogP contribution in [0.1, 0.15) is 31.4 Å². The summed E-state index contributed by atoms with van der Waals surface area (Å²) in [7, 11) is 4.04. The predicted molar refractivity (Wildman–Crippen MR) is 119 cm³/mol. The molecule has 5 nitrogen and oxygen atoms in total. The van der Waals surface area contributed by atoms with E-state index in [-0.39, 0.29) is 12.4 Å². The summed E-state index contributed by atoms with van der Waals surface area (Å²) >= 11 is 3.59. The van der Waals surface area contributed by atoms with Crippen LogP contribution in [0.15, 0.2) is 63.4 Å². The highest BCUT2D eigenvalue weighted by molar-refractivity contribution is 9.10. The van der Waals surface area contributed by atoms with Gasteiger partial charge in [-0.3, -0.25) is 4.79 Å². The minimum absolute atomic E-state index is 0.113. The molecule has 0 fully saturated rings. The number of furan rings is 1. The summed E-state index contributed by atoms with van der Waals surface area (Å²) in [4.78, 5) is 14.0. The molecule has 0 atom stereocenters. The molecule has 156 valence electrons. The van der Waals surface area contributed by atoms with E-state index < -0.39 is 0 Å². The lowest BCUT2D eigenvalue weighted by molar-refractivity contribution is -0.142. The molecule has 0 spiro atoms. The van der Waals surface area contributed by atoms with Gasteiger partial charge < -0.3 is 18.8 Å². The van der Waals surface area contributed by atoms with Gasteiger partial charge in [-0.1, -0.05) is 34.7 Å². The van der Waals surface area contributed by atoms with Crippen molar-refractivity contribution < 1.29 is 18.7 Å². The zero-order chi connectivity index (χ0) is 21.4. The quantitative estimate of drug-likeness (QED) is 0.256. The van der Waals surface area contributed by atoms with Crippen LogP contribution in [-0.4, -0.2) is 31.6 Å². The zero-order valence-corrected chi connectivity index (χ0v) is 19.0. The van der Waals surface area contributed by atoms with Crippen LogP contribution in [0.2, 0.25) is 0 Å². The monoisotopic (exact) mass is 461 g/mol. The molecule has 0 bridgehead atoms. The molecule has 6 heteroatoms. The Kier molecular flexibility index (Phi) is 8.73. The van der Waals surface area contributed by atoms with Gasteiger partial charge in [-0.2, -0.15) is 0 Å². The van der Waals surface area contributed by atoms with Crippen molar-refractivity contribution in [2.45, 2.75) is 33.4 Å². The van der Waals surface area contributed by atoms with Gasteiger partial charge in [-0.25, -0.2) is 0 Å². The molecule has 0 amide bonds. The van der Waals surface area contributed by atoms with E-state index in [1.165, 1.54) is 0 Å². The van der Waals surface area contributed by atoms with E-state index in [0.29, 0.717) is 24.5 Å². The van der Waals surface area contributed by atoms with Crippen LogP contribution in [0.5, 0.6) is 0 Å². The molecule has 0 unspecified atom stereocenters. The van der Waals surface area contributed by atoms with Crippen molar-refractivity contribution in [3.63, 3.8) is 0 Å². The number of nitrogens with zero attached hydrogens (tertiary/aromatic N) is 1. The molecule has 0 aliphatic rings. The summed E-state index contributed by atoms with van der Waals surface area (Å²) < 4.78 is 17.9. The van der Waals surface area contributed by atoms with Gasteiger partial charge in [0.2, 0.25) is 0 Å². The minimum atomic E-state index is -0.306. The molecule has 2 rings (SSSR count). The van der Waals surface area contributed by atoms with Crippen molar-refractivity contribution in [3.8, 4) is 0 Å². The smallest absolute Gasteiger partial charge is 0.310 e. The fourth-order valence-corrected chi connectivity index (χ4v) is 3.48. The number of fused-ring (bicyclic) bond motifs is 1. The molecule has 0 aliphatic carbocycles. The van der Waals surface area contributed by atoms with E-state index in [9.17, 15) is 4.79 Å². The average molecular weight is 462 g/mol. The van der Waals surface area contributed by atoms with E-state index in [2.05, 4.69) is 33.5 Å². The lowest BCUT2D eigenvalue weighted by Gasteiger charge is -2.12. The van der Waals surface area contributed by atoms with Crippen LogP contribution in [0.4, 0.5) is 0 Å². The SMILES string of the molecule is C=C/C(CC(=O)OCC)=C(\C=C/C)OCc1coc2c(CN(C)C)cc(Br)cc12. The predicted octanol–water partition coefficient (Wildman–Crippen LogP) is 5.74. The van der Waals surface area contributed by atoms with Crippen LogP contribution in [-0.2, 0) is 27.4 Å². The standard InChI is InChI=1S/C23H28BrNO4/c1-6-9-21(16(7-2)11-22(26)27-8-3)28-14-18-15-29-23-17(13-25(4)5)10-19(24)12-20(18)23/h6-7,9-10,12,15H,2,8,11,13-14H2,1,3-5H3/b9-6-,21-16-. The fourth-order valence-electron chi connectivity index (χ4n) is 2.97. The van der Waals surface area contributed by atoms with Crippen molar-refractivity contribution >= 4 is 32.9 Å². The molecule has 1 heterocycles. The molecule has 0 aliphatic heterocycles. The van der Waals surface area contributed by atoms with Crippen molar-refractivity contribution in [3.05, 3.63) is 70.1 Å². The second kappa shape index (κ2) is 11.0. The molecule has 1 aromatic heterocycles. The zero-order valence-electron chi connectivity index (χ0n) is 17.5. The van der Waals surface area contributed by atoms with Gasteiger partial charge in [0.15, 0.2) is 0 Å². The van der Waals surface area contributed by atoms with E-state index in [1.54, 1.807) is 19.3 Å². The number of hydrogen-bond acceptors (Lipinski definition) is 5. The third-order valence-corrected chi connectivity index (χ3v) is 4.64. The van der Waals surface area contributed by atoms with E-state index in [0.717, 1.165) is 33.1 Å². The van der Waals surface area contributed by atoms with Gasteiger partial charge in [-0.15, -0.1) is 0 Å². The van der Waals surface area contributed by atoms with Gasteiger partial charge >= 0.3 is 5.97 Å². The number of hydrogen-bond donors (Lipinski definition) is 0. The maximum absolute atomic E-state index is 11.9. The first-order valence-electron chi connectivity index (χ1n) is 9.49.